The zero-order valence-corrected chi connectivity index (χ0v) is 13.1. The quantitative estimate of drug-likeness (QED) is 0.662. The third-order valence-corrected chi connectivity index (χ3v) is 3.05. The number of rotatable bonds is 8. The van der Waals surface area contributed by atoms with E-state index < -0.39 is 0 Å². The molecule has 1 aromatic rings. The fourth-order valence-corrected chi connectivity index (χ4v) is 1.81. The topological polar surface area (TPSA) is 87.3 Å². The normalized spacial score (nSPS) is 9.91. The Morgan fingerprint density at radius 3 is 2.36 bits per heavy atom. The van der Waals surface area contributed by atoms with Crippen molar-refractivity contribution in [3.63, 3.8) is 0 Å². The van der Waals surface area contributed by atoms with Crippen molar-refractivity contribution in [1.29, 1.82) is 0 Å². The molecule has 0 atom stereocenters. The van der Waals surface area contributed by atoms with Gasteiger partial charge in [0.2, 0.25) is 11.8 Å². The van der Waals surface area contributed by atoms with Crippen LogP contribution in [0.3, 0.4) is 0 Å². The minimum absolute atomic E-state index is 0.0371. The highest BCUT2D eigenvalue weighted by Gasteiger charge is 2.09. The molecule has 0 aliphatic heterocycles. The van der Waals surface area contributed by atoms with Crippen LogP contribution in [0.1, 0.15) is 35.7 Å². The van der Waals surface area contributed by atoms with Crippen LogP contribution >= 0.6 is 0 Å². The molecule has 1 rings (SSSR count). The molecule has 0 saturated heterocycles. The summed E-state index contributed by atoms with van der Waals surface area (Å²) in [4.78, 5) is 34.8. The standard InChI is InChI=1S/C16H23N3O3/c1-3-9-17-15(21)11-19-14(20)8-10-18-16(22)13-7-5-4-6-12(13)2/h4-7H,3,8-11H2,1-2H3,(H,17,21)(H,18,22)(H,19,20). The number of aryl methyl sites for hydroxylation is 1. The molecule has 6 nitrogen and oxygen atoms in total. The molecule has 22 heavy (non-hydrogen) atoms. The first-order chi connectivity index (χ1) is 10.5. The van der Waals surface area contributed by atoms with Crippen molar-refractivity contribution in [3.8, 4) is 0 Å². The summed E-state index contributed by atoms with van der Waals surface area (Å²) in [6, 6.07) is 7.26. The fourth-order valence-electron chi connectivity index (χ4n) is 1.81. The highest BCUT2D eigenvalue weighted by Crippen LogP contribution is 2.06. The second-order valence-electron chi connectivity index (χ2n) is 4.95. The molecule has 6 heteroatoms. The summed E-state index contributed by atoms with van der Waals surface area (Å²) in [5.74, 6) is -0.678. The van der Waals surface area contributed by atoms with Crippen molar-refractivity contribution >= 4 is 17.7 Å². The second kappa shape index (κ2) is 9.55. The Balaban J connectivity index is 2.24. The highest BCUT2D eigenvalue weighted by molar-refractivity contribution is 5.95. The largest absolute Gasteiger partial charge is 0.355 e. The molecule has 0 spiro atoms. The summed E-state index contributed by atoms with van der Waals surface area (Å²) in [5.41, 5.74) is 1.49. The first-order valence-electron chi connectivity index (χ1n) is 7.41. The number of carbonyl (C=O) groups excluding carboxylic acids is 3. The fraction of sp³-hybridized carbons (Fsp3) is 0.438. The van der Waals surface area contributed by atoms with Crippen LogP contribution in [0.25, 0.3) is 0 Å². The van der Waals surface area contributed by atoms with Crippen molar-refractivity contribution < 1.29 is 14.4 Å². The predicted octanol–water partition coefficient (Wildman–Crippen LogP) is 0.757. The Kier molecular flexibility index (Phi) is 7.67. The predicted molar refractivity (Wildman–Crippen MR) is 84.4 cm³/mol. The van der Waals surface area contributed by atoms with Crippen molar-refractivity contribution in [2.45, 2.75) is 26.7 Å². The Morgan fingerprint density at radius 1 is 0.955 bits per heavy atom. The van der Waals surface area contributed by atoms with E-state index in [9.17, 15) is 14.4 Å². The van der Waals surface area contributed by atoms with E-state index in [4.69, 9.17) is 0 Å². The SMILES string of the molecule is CCCNC(=O)CNC(=O)CCNC(=O)c1ccccc1C. The molecule has 0 saturated carbocycles. The van der Waals surface area contributed by atoms with Gasteiger partial charge in [0, 0.05) is 25.1 Å². The highest BCUT2D eigenvalue weighted by atomic mass is 16.2. The van der Waals surface area contributed by atoms with E-state index in [1.54, 1.807) is 12.1 Å². The third-order valence-electron chi connectivity index (χ3n) is 3.05. The number of hydrogen-bond donors (Lipinski definition) is 3. The van der Waals surface area contributed by atoms with E-state index in [1.807, 2.05) is 26.0 Å². The zero-order valence-electron chi connectivity index (χ0n) is 13.1. The molecule has 0 aliphatic rings. The van der Waals surface area contributed by atoms with Crippen LogP contribution in [-0.4, -0.2) is 37.4 Å². The van der Waals surface area contributed by atoms with Gasteiger partial charge < -0.3 is 16.0 Å². The summed E-state index contributed by atoms with van der Waals surface area (Å²) >= 11 is 0. The van der Waals surface area contributed by atoms with Gasteiger partial charge in [-0.2, -0.15) is 0 Å². The third kappa shape index (κ3) is 6.39. The molecule has 3 amide bonds. The molecule has 0 aromatic heterocycles. The number of amides is 3. The minimum Gasteiger partial charge on any atom is -0.355 e. The van der Waals surface area contributed by atoms with Crippen LogP contribution in [0.5, 0.6) is 0 Å². The summed E-state index contributed by atoms with van der Waals surface area (Å²) in [6.45, 7) is 4.61. The molecule has 1 aromatic carbocycles. The molecular formula is C16H23N3O3. The molecule has 0 bridgehead atoms. The van der Waals surface area contributed by atoms with Crippen molar-refractivity contribution in [3.05, 3.63) is 35.4 Å². The molecule has 0 radical (unpaired) electrons. The smallest absolute Gasteiger partial charge is 0.251 e. The molecule has 0 aliphatic carbocycles. The molecule has 0 fully saturated rings. The van der Waals surface area contributed by atoms with Crippen molar-refractivity contribution in [2.24, 2.45) is 0 Å². The van der Waals surface area contributed by atoms with Gasteiger partial charge in [-0.3, -0.25) is 14.4 Å². The Morgan fingerprint density at radius 2 is 1.68 bits per heavy atom. The number of benzene rings is 1. The van der Waals surface area contributed by atoms with E-state index in [1.165, 1.54) is 0 Å². The van der Waals surface area contributed by atoms with E-state index in [2.05, 4.69) is 16.0 Å². The maximum absolute atomic E-state index is 11.9. The molecular weight excluding hydrogens is 282 g/mol. The average Bonchev–Trinajstić information content (AvgIpc) is 2.51. The molecule has 120 valence electrons. The van der Waals surface area contributed by atoms with Gasteiger partial charge in [-0.05, 0) is 25.0 Å². The maximum atomic E-state index is 11.9. The first kappa shape index (κ1) is 17.7. The lowest BCUT2D eigenvalue weighted by Crippen LogP contribution is -2.38. The van der Waals surface area contributed by atoms with Crippen LogP contribution in [0.4, 0.5) is 0 Å². The maximum Gasteiger partial charge on any atom is 0.251 e. The van der Waals surface area contributed by atoms with E-state index >= 15 is 0 Å². The van der Waals surface area contributed by atoms with Gasteiger partial charge in [0.25, 0.3) is 5.91 Å². The van der Waals surface area contributed by atoms with Gasteiger partial charge in [0.05, 0.1) is 6.54 Å². The van der Waals surface area contributed by atoms with Gasteiger partial charge in [0.15, 0.2) is 0 Å². The Hall–Kier alpha value is -2.37. The lowest BCUT2D eigenvalue weighted by Gasteiger charge is -2.08. The van der Waals surface area contributed by atoms with Gasteiger partial charge in [-0.15, -0.1) is 0 Å². The zero-order chi connectivity index (χ0) is 16.4. The lowest BCUT2D eigenvalue weighted by atomic mass is 10.1. The van der Waals surface area contributed by atoms with Gasteiger partial charge >= 0.3 is 0 Å². The summed E-state index contributed by atoms with van der Waals surface area (Å²) in [5, 5.41) is 7.87. The monoisotopic (exact) mass is 305 g/mol. The summed E-state index contributed by atoms with van der Waals surface area (Å²) in [7, 11) is 0. The van der Waals surface area contributed by atoms with Crippen LogP contribution in [0, 0.1) is 6.92 Å². The molecule has 0 heterocycles. The Bertz CT molecular complexity index is 529. The van der Waals surface area contributed by atoms with Crippen LogP contribution in [0.15, 0.2) is 24.3 Å². The number of hydrogen-bond acceptors (Lipinski definition) is 3. The Labute approximate surface area is 130 Å². The molecule has 3 N–H and O–H groups in total. The average molecular weight is 305 g/mol. The van der Waals surface area contributed by atoms with E-state index in [0.29, 0.717) is 12.1 Å². The second-order valence-corrected chi connectivity index (χ2v) is 4.95. The lowest BCUT2D eigenvalue weighted by molar-refractivity contribution is -0.126. The van der Waals surface area contributed by atoms with Crippen LogP contribution in [-0.2, 0) is 9.59 Å². The van der Waals surface area contributed by atoms with E-state index in [-0.39, 0.29) is 37.2 Å². The molecule has 0 unspecified atom stereocenters. The minimum atomic E-state index is -0.267. The number of carbonyl (C=O) groups is 3. The van der Waals surface area contributed by atoms with Crippen molar-refractivity contribution in [2.75, 3.05) is 19.6 Å². The van der Waals surface area contributed by atoms with Gasteiger partial charge in [0.1, 0.15) is 0 Å². The van der Waals surface area contributed by atoms with Gasteiger partial charge in [-0.25, -0.2) is 0 Å². The number of nitrogens with one attached hydrogen (secondary N) is 3. The first-order valence-corrected chi connectivity index (χ1v) is 7.41. The van der Waals surface area contributed by atoms with E-state index in [0.717, 1.165) is 12.0 Å². The van der Waals surface area contributed by atoms with Crippen molar-refractivity contribution in [1.82, 2.24) is 16.0 Å². The van der Waals surface area contributed by atoms with Crippen LogP contribution < -0.4 is 16.0 Å². The summed E-state index contributed by atoms with van der Waals surface area (Å²) in [6.07, 6.45) is 0.989. The van der Waals surface area contributed by atoms with Crippen LogP contribution in [0.2, 0.25) is 0 Å². The summed E-state index contributed by atoms with van der Waals surface area (Å²) < 4.78 is 0. The van der Waals surface area contributed by atoms with Gasteiger partial charge in [-0.1, -0.05) is 25.1 Å².